The van der Waals surface area contributed by atoms with Crippen molar-refractivity contribution in [1.29, 1.82) is 0 Å². The summed E-state index contributed by atoms with van der Waals surface area (Å²) >= 11 is 1.04. The Hall–Kier alpha value is -2.29. The van der Waals surface area contributed by atoms with Crippen molar-refractivity contribution in [2.24, 2.45) is 13.0 Å². The van der Waals surface area contributed by atoms with Crippen molar-refractivity contribution in [3.8, 4) is 0 Å². The third-order valence-corrected chi connectivity index (χ3v) is 4.26. The van der Waals surface area contributed by atoms with Gasteiger partial charge in [0.1, 0.15) is 10.7 Å². The zero-order valence-electron chi connectivity index (χ0n) is 11.8. The first-order valence-electron chi connectivity index (χ1n) is 6.44. The van der Waals surface area contributed by atoms with Crippen LogP contribution in [0, 0.1) is 12.8 Å². The highest BCUT2D eigenvalue weighted by atomic mass is 32.1. The summed E-state index contributed by atoms with van der Waals surface area (Å²) in [7, 11) is 1.73. The van der Waals surface area contributed by atoms with Crippen LogP contribution in [0.2, 0.25) is 0 Å². The van der Waals surface area contributed by atoms with Gasteiger partial charge in [0, 0.05) is 18.5 Å². The summed E-state index contributed by atoms with van der Waals surface area (Å²) in [6, 6.07) is 0. The Labute approximate surface area is 124 Å². The van der Waals surface area contributed by atoms with E-state index in [1.807, 2.05) is 6.92 Å². The van der Waals surface area contributed by atoms with E-state index in [2.05, 4.69) is 25.3 Å². The number of aryl methyl sites for hydroxylation is 2. The summed E-state index contributed by atoms with van der Waals surface area (Å²) in [5.41, 5.74) is 1.43. The number of carbonyl (C=O) groups excluding carboxylic acids is 2. The summed E-state index contributed by atoms with van der Waals surface area (Å²) in [6.07, 6.45) is 0.546. The number of anilines is 2. The third-order valence-electron chi connectivity index (χ3n) is 3.43. The molecule has 0 saturated carbocycles. The molecular weight excluding hydrogens is 292 g/mol. The van der Waals surface area contributed by atoms with Crippen LogP contribution < -0.4 is 10.6 Å². The maximum atomic E-state index is 12.2. The van der Waals surface area contributed by atoms with Crippen LogP contribution in [0.5, 0.6) is 0 Å². The molecule has 110 valence electrons. The highest BCUT2D eigenvalue weighted by Gasteiger charge is 2.29. The predicted octanol–water partition coefficient (Wildman–Crippen LogP) is 0.963. The minimum Gasteiger partial charge on any atom is -0.310 e. The van der Waals surface area contributed by atoms with Crippen LogP contribution in [0.25, 0.3) is 0 Å². The zero-order valence-corrected chi connectivity index (χ0v) is 12.6. The van der Waals surface area contributed by atoms with Gasteiger partial charge < -0.3 is 10.6 Å². The Morgan fingerprint density at radius 2 is 2.29 bits per heavy atom. The van der Waals surface area contributed by atoms with E-state index in [0.29, 0.717) is 28.6 Å². The molecule has 0 unspecified atom stereocenters. The molecule has 9 heteroatoms. The molecule has 0 radical (unpaired) electrons. The topological polar surface area (TPSA) is 102 Å². The lowest BCUT2D eigenvalue weighted by atomic mass is 9.98. The van der Waals surface area contributed by atoms with E-state index >= 15 is 0 Å². The number of aromatic nitrogens is 4. The molecule has 1 aliphatic heterocycles. The van der Waals surface area contributed by atoms with E-state index in [4.69, 9.17) is 0 Å². The molecule has 1 aliphatic rings. The molecule has 3 heterocycles. The first kappa shape index (κ1) is 13.7. The summed E-state index contributed by atoms with van der Waals surface area (Å²) in [4.78, 5) is 24.4. The first-order chi connectivity index (χ1) is 9.97. The van der Waals surface area contributed by atoms with E-state index in [1.165, 1.54) is 0 Å². The molecule has 0 fully saturated rings. The molecule has 0 saturated heterocycles. The molecule has 2 amide bonds. The standard InChI is InChI=1S/C12H14N6O2S/c1-5-4-7-9(16-18(3)10(7)14-11(5)19)13-12(20)8-6(2)15-17-21-8/h5H,4H2,1-3H3,(H,14,19)(H,13,16,20)/t5-/m0/s1. The second kappa shape index (κ2) is 4.92. The van der Waals surface area contributed by atoms with Crippen molar-refractivity contribution < 1.29 is 9.59 Å². The molecule has 21 heavy (non-hydrogen) atoms. The molecule has 2 aromatic rings. The van der Waals surface area contributed by atoms with Crippen LogP contribution in [-0.4, -0.2) is 31.2 Å². The fourth-order valence-electron chi connectivity index (χ4n) is 2.26. The van der Waals surface area contributed by atoms with Crippen LogP contribution >= 0.6 is 11.5 Å². The van der Waals surface area contributed by atoms with E-state index in [-0.39, 0.29) is 17.7 Å². The maximum absolute atomic E-state index is 12.2. The van der Waals surface area contributed by atoms with Gasteiger partial charge >= 0.3 is 0 Å². The number of amides is 2. The number of nitrogens with zero attached hydrogens (tertiary/aromatic N) is 4. The van der Waals surface area contributed by atoms with Gasteiger partial charge in [0.2, 0.25) is 5.91 Å². The fourth-order valence-corrected chi connectivity index (χ4v) is 2.81. The minimum absolute atomic E-state index is 0.0362. The lowest BCUT2D eigenvalue weighted by Gasteiger charge is -2.19. The predicted molar refractivity (Wildman–Crippen MR) is 77.3 cm³/mol. The Morgan fingerprint density at radius 1 is 1.52 bits per heavy atom. The Kier molecular flexibility index (Phi) is 3.20. The zero-order chi connectivity index (χ0) is 15.1. The monoisotopic (exact) mass is 306 g/mol. The smallest absolute Gasteiger partial charge is 0.270 e. The van der Waals surface area contributed by atoms with E-state index < -0.39 is 0 Å². The lowest BCUT2D eigenvalue weighted by molar-refractivity contribution is -0.119. The van der Waals surface area contributed by atoms with Crippen LogP contribution in [0.4, 0.5) is 11.6 Å². The molecule has 0 spiro atoms. The number of carbonyl (C=O) groups is 2. The number of nitrogens with one attached hydrogen (secondary N) is 2. The molecule has 8 nitrogen and oxygen atoms in total. The Bertz CT molecular complexity index is 734. The summed E-state index contributed by atoms with van der Waals surface area (Å²) in [5.74, 6) is 0.632. The van der Waals surface area contributed by atoms with Crippen molar-refractivity contribution in [3.05, 3.63) is 16.1 Å². The van der Waals surface area contributed by atoms with Gasteiger partial charge in [-0.05, 0) is 24.9 Å². The third kappa shape index (κ3) is 2.29. The normalized spacial score (nSPS) is 17.3. The quantitative estimate of drug-likeness (QED) is 0.860. The van der Waals surface area contributed by atoms with Gasteiger partial charge in [-0.2, -0.15) is 5.10 Å². The number of hydrogen-bond donors (Lipinski definition) is 2. The van der Waals surface area contributed by atoms with Crippen molar-refractivity contribution in [2.75, 3.05) is 10.6 Å². The maximum Gasteiger partial charge on any atom is 0.270 e. The Morgan fingerprint density at radius 3 is 2.95 bits per heavy atom. The van der Waals surface area contributed by atoms with Gasteiger partial charge in [0.25, 0.3) is 5.91 Å². The Balaban J connectivity index is 1.91. The van der Waals surface area contributed by atoms with Crippen molar-refractivity contribution in [2.45, 2.75) is 20.3 Å². The van der Waals surface area contributed by atoms with Crippen LogP contribution in [0.3, 0.4) is 0 Å². The average molecular weight is 306 g/mol. The largest absolute Gasteiger partial charge is 0.310 e. The van der Waals surface area contributed by atoms with Crippen molar-refractivity contribution in [1.82, 2.24) is 19.4 Å². The van der Waals surface area contributed by atoms with Crippen molar-refractivity contribution >= 4 is 35.0 Å². The average Bonchev–Trinajstić information content (AvgIpc) is 2.97. The van der Waals surface area contributed by atoms with Gasteiger partial charge in [-0.3, -0.25) is 14.3 Å². The SMILES string of the molecule is Cc1nnsc1C(=O)Nc1nn(C)c2c1C[C@H](C)C(=O)N2. The van der Waals surface area contributed by atoms with Crippen LogP contribution in [-0.2, 0) is 18.3 Å². The first-order valence-corrected chi connectivity index (χ1v) is 7.21. The number of rotatable bonds is 2. The van der Waals surface area contributed by atoms with E-state index in [9.17, 15) is 9.59 Å². The van der Waals surface area contributed by atoms with E-state index in [0.717, 1.165) is 17.1 Å². The lowest BCUT2D eigenvalue weighted by Crippen LogP contribution is -2.28. The second-order valence-corrected chi connectivity index (χ2v) is 5.79. The fraction of sp³-hybridized carbons (Fsp3) is 0.417. The van der Waals surface area contributed by atoms with Crippen LogP contribution in [0.1, 0.15) is 27.9 Å². The second-order valence-electron chi connectivity index (χ2n) is 5.04. The van der Waals surface area contributed by atoms with Gasteiger partial charge in [0.05, 0.1) is 5.69 Å². The molecule has 0 aliphatic carbocycles. The van der Waals surface area contributed by atoms with Gasteiger partial charge in [-0.25, -0.2) is 0 Å². The molecule has 3 rings (SSSR count). The van der Waals surface area contributed by atoms with E-state index in [1.54, 1.807) is 18.7 Å². The molecule has 0 bridgehead atoms. The molecule has 2 N–H and O–H groups in total. The van der Waals surface area contributed by atoms with Crippen molar-refractivity contribution in [3.63, 3.8) is 0 Å². The molecule has 2 aromatic heterocycles. The highest BCUT2D eigenvalue weighted by Crippen LogP contribution is 2.31. The number of hydrogen-bond acceptors (Lipinski definition) is 6. The molecular formula is C12H14N6O2S. The minimum atomic E-state index is -0.284. The number of fused-ring (bicyclic) bond motifs is 1. The van der Waals surface area contributed by atoms with Gasteiger partial charge in [0.15, 0.2) is 5.82 Å². The summed E-state index contributed by atoms with van der Waals surface area (Å²) < 4.78 is 5.31. The van der Waals surface area contributed by atoms with Gasteiger partial charge in [-0.1, -0.05) is 11.4 Å². The molecule has 1 atom stereocenters. The summed E-state index contributed by atoms with van der Waals surface area (Å²) in [6.45, 7) is 3.57. The highest BCUT2D eigenvalue weighted by molar-refractivity contribution is 7.08. The van der Waals surface area contributed by atoms with Gasteiger partial charge in [-0.15, -0.1) is 5.10 Å². The van der Waals surface area contributed by atoms with Crippen LogP contribution in [0.15, 0.2) is 0 Å². The molecule has 0 aromatic carbocycles. The summed E-state index contributed by atoms with van der Waals surface area (Å²) in [5, 5.41) is 13.7.